The van der Waals surface area contributed by atoms with Gasteiger partial charge in [0.1, 0.15) is 0 Å². The first-order valence-corrected chi connectivity index (χ1v) is 4.03. The molecular weight excluding hydrogens is 183 g/mol. The second-order valence-electron chi connectivity index (χ2n) is 2.58. The summed E-state index contributed by atoms with van der Waals surface area (Å²) in [6, 6.07) is 2.84. The molecule has 0 fully saturated rings. The first kappa shape index (κ1) is 10.2. The van der Waals surface area contributed by atoms with E-state index in [2.05, 4.69) is 22.1 Å². The van der Waals surface area contributed by atoms with Gasteiger partial charge >= 0.3 is 0 Å². The van der Waals surface area contributed by atoms with Crippen LogP contribution in [-0.4, -0.2) is 17.4 Å². The number of amides is 1. The molecule has 0 unspecified atom stereocenters. The van der Waals surface area contributed by atoms with Crippen LogP contribution in [0.2, 0.25) is 0 Å². The Hall–Kier alpha value is -1.89. The molecule has 1 heterocycles. The molecule has 0 saturated heterocycles. The highest BCUT2D eigenvalue weighted by Crippen LogP contribution is 1.96. The third-order valence-corrected chi connectivity index (χ3v) is 1.39. The molecular formula is C10H9FN2O. The van der Waals surface area contributed by atoms with E-state index in [1.165, 1.54) is 19.2 Å². The molecule has 4 heteroatoms. The first-order chi connectivity index (χ1) is 6.68. The van der Waals surface area contributed by atoms with Crippen LogP contribution in [0, 0.1) is 17.8 Å². The zero-order chi connectivity index (χ0) is 10.4. The monoisotopic (exact) mass is 192 g/mol. The molecule has 3 nitrogen and oxygen atoms in total. The number of nitrogens with one attached hydrogen (secondary N) is 1. The van der Waals surface area contributed by atoms with Crippen LogP contribution in [0.25, 0.3) is 0 Å². The molecule has 0 bridgehead atoms. The van der Waals surface area contributed by atoms with Crippen molar-refractivity contribution in [2.24, 2.45) is 0 Å². The summed E-state index contributed by atoms with van der Waals surface area (Å²) in [6.07, 6.45) is 1.34. The fraction of sp³-hybridized carbons (Fsp3) is 0.200. The van der Waals surface area contributed by atoms with Gasteiger partial charge in [-0.1, -0.05) is 11.8 Å². The van der Waals surface area contributed by atoms with Crippen LogP contribution in [0.1, 0.15) is 12.5 Å². The van der Waals surface area contributed by atoms with Gasteiger partial charge in [-0.25, -0.2) is 4.98 Å². The van der Waals surface area contributed by atoms with Crippen LogP contribution >= 0.6 is 0 Å². The molecule has 1 aromatic rings. The maximum absolute atomic E-state index is 12.6. The summed E-state index contributed by atoms with van der Waals surface area (Å²) in [6.45, 7) is 1.67. The van der Waals surface area contributed by atoms with Crippen LogP contribution in [-0.2, 0) is 4.79 Å². The molecule has 0 saturated carbocycles. The van der Waals surface area contributed by atoms with Gasteiger partial charge in [0.15, 0.2) is 0 Å². The lowest BCUT2D eigenvalue weighted by atomic mass is 10.3. The van der Waals surface area contributed by atoms with Crippen molar-refractivity contribution in [1.82, 2.24) is 10.3 Å². The van der Waals surface area contributed by atoms with Crippen molar-refractivity contribution in [1.29, 1.82) is 0 Å². The summed E-state index contributed by atoms with van der Waals surface area (Å²) in [5, 5.41) is 2.51. The van der Waals surface area contributed by atoms with E-state index in [1.54, 1.807) is 6.07 Å². The van der Waals surface area contributed by atoms with Crippen molar-refractivity contribution < 1.29 is 9.18 Å². The Morgan fingerprint density at radius 2 is 2.50 bits per heavy atom. The predicted molar refractivity (Wildman–Crippen MR) is 49.8 cm³/mol. The largest absolute Gasteiger partial charge is 0.345 e. The number of hydrogen-bond donors (Lipinski definition) is 1. The van der Waals surface area contributed by atoms with Gasteiger partial charge in [-0.3, -0.25) is 4.79 Å². The third-order valence-electron chi connectivity index (χ3n) is 1.39. The number of nitrogens with zero attached hydrogens (tertiary/aromatic N) is 1. The fourth-order valence-corrected chi connectivity index (χ4v) is 0.795. The zero-order valence-corrected chi connectivity index (χ0v) is 7.67. The van der Waals surface area contributed by atoms with Crippen molar-refractivity contribution in [2.45, 2.75) is 6.92 Å². The number of hydrogen-bond acceptors (Lipinski definition) is 2. The van der Waals surface area contributed by atoms with Gasteiger partial charge in [0, 0.05) is 24.8 Å². The van der Waals surface area contributed by atoms with Crippen LogP contribution < -0.4 is 5.32 Å². The van der Waals surface area contributed by atoms with Gasteiger partial charge in [-0.05, 0) is 6.07 Å². The van der Waals surface area contributed by atoms with Gasteiger partial charge < -0.3 is 5.32 Å². The van der Waals surface area contributed by atoms with E-state index in [9.17, 15) is 9.18 Å². The van der Waals surface area contributed by atoms with E-state index in [0.29, 0.717) is 5.56 Å². The van der Waals surface area contributed by atoms with E-state index in [1.807, 2.05) is 0 Å². The smallest absolute Gasteiger partial charge is 0.217 e. The van der Waals surface area contributed by atoms with Gasteiger partial charge in [0.2, 0.25) is 11.9 Å². The Morgan fingerprint density at radius 1 is 1.71 bits per heavy atom. The summed E-state index contributed by atoms with van der Waals surface area (Å²) in [4.78, 5) is 13.9. The second-order valence-corrected chi connectivity index (χ2v) is 2.58. The maximum atomic E-state index is 12.6. The molecule has 0 aliphatic rings. The van der Waals surface area contributed by atoms with Gasteiger partial charge in [0.25, 0.3) is 0 Å². The molecule has 0 aromatic carbocycles. The molecule has 1 amide bonds. The Labute approximate surface area is 81.4 Å². The average molecular weight is 192 g/mol. The molecule has 0 spiro atoms. The van der Waals surface area contributed by atoms with Crippen LogP contribution in [0.15, 0.2) is 18.3 Å². The fourth-order valence-electron chi connectivity index (χ4n) is 0.795. The Kier molecular flexibility index (Phi) is 3.62. The second kappa shape index (κ2) is 4.97. The van der Waals surface area contributed by atoms with Crippen molar-refractivity contribution in [3.05, 3.63) is 29.8 Å². The minimum absolute atomic E-state index is 0.139. The molecule has 0 atom stereocenters. The lowest BCUT2D eigenvalue weighted by Crippen LogP contribution is -2.19. The topological polar surface area (TPSA) is 42.0 Å². The van der Waals surface area contributed by atoms with Crippen molar-refractivity contribution in [2.75, 3.05) is 6.54 Å². The molecule has 0 radical (unpaired) electrons. The number of aromatic nitrogens is 1. The SMILES string of the molecule is CC(=O)NCC#Cc1ccnc(F)c1. The molecule has 14 heavy (non-hydrogen) atoms. The third kappa shape index (κ3) is 3.68. The van der Waals surface area contributed by atoms with Crippen molar-refractivity contribution >= 4 is 5.91 Å². The normalized spacial score (nSPS) is 8.71. The predicted octanol–water partition coefficient (Wildman–Crippen LogP) is 0.708. The van der Waals surface area contributed by atoms with E-state index in [4.69, 9.17) is 0 Å². The van der Waals surface area contributed by atoms with Crippen molar-refractivity contribution in [3.8, 4) is 11.8 Å². The lowest BCUT2D eigenvalue weighted by molar-refractivity contribution is -0.118. The molecule has 0 aliphatic heterocycles. The summed E-state index contributed by atoms with van der Waals surface area (Å²) < 4.78 is 12.6. The summed E-state index contributed by atoms with van der Waals surface area (Å²) >= 11 is 0. The Morgan fingerprint density at radius 3 is 3.14 bits per heavy atom. The molecule has 72 valence electrons. The Balaban J connectivity index is 2.55. The van der Waals surface area contributed by atoms with Crippen LogP contribution in [0.4, 0.5) is 4.39 Å². The van der Waals surface area contributed by atoms with Gasteiger partial charge in [-0.2, -0.15) is 4.39 Å². The summed E-state index contributed by atoms with van der Waals surface area (Å²) in [5.41, 5.74) is 0.544. The minimum Gasteiger partial charge on any atom is -0.345 e. The number of rotatable bonds is 1. The number of halogens is 1. The quantitative estimate of drug-likeness (QED) is 0.526. The van der Waals surface area contributed by atoms with Crippen molar-refractivity contribution in [3.63, 3.8) is 0 Å². The highest BCUT2D eigenvalue weighted by atomic mass is 19.1. The van der Waals surface area contributed by atoms with E-state index < -0.39 is 5.95 Å². The molecule has 1 rings (SSSR count). The zero-order valence-electron chi connectivity index (χ0n) is 7.67. The van der Waals surface area contributed by atoms with Crippen LogP contribution in [0.5, 0.6) is 0 Å². The van der Waals surface area contributed by atoms with E-state index >= 15 is 0 Å². The molecule has 1 aromatic heterocycles. The molecule has 0 aliphatic carbocycles. The minimum atomic E-state index is -0.559. The highest BCUT2D eigenvalue weighted by Gasteiger charge is 1.90. The highest BCUT2D eigenvalue weighted by molar-refractivity contribution is 5.73. The molecule has 1 N–H and O–H groups in total. The van der Waals surface area contributed by atoms with Gasteiger partial charge in [-0.15, -0.1) is 0 Å². The Bertz CT molecular complexity index is 393. The van der Waals surface area contributed by atoms with E-state index in [0.717, 1.165) is 0 Å². The number of pyridine rings is 1. The average Bonchev–Trinajstić information content (AvgIpc) is 2.12. The lowest BCUT2D eigenvalue weighted by Gasteiger charge is -1.91. The number of carbonyl (C=O) groups is 1. The summed E-state index contributed by atoms with van der Waals surface area (Å²) in [5.74, 6) is 4.68. The first-order valence-electron chi connectivity index (χ1n) is 4.03. The van der Waals surface area contributed by atoms with E-state index in [-0.39, 0.29) is 12.5 Å². The number of carbonyl (C=O) groups excluding carboxylic acids is 1. The maximum Gasteiger partial charge on any atom is 0.217 e. The standard InChI is InChI=1S/C10H9FN2O/c1-8(14)12-5-2-3-9-4-6-13-10(11)7-9/h4,6-7H,5H2,1H3,(H,12,14). The van der Waals surface area contributed by atoms with Gasteiger partial charge in [0.05, 0.1) is 6.54 Å². The summed E-state index contributed by atoms with van der Waals surface area (Å²) in [7, 11) is 0. The van der Waals surface area contributed by atoms with Crippen LogP contribution in [0.3, 0.4) is 0 Å².